The molecule has 0 unspecified atom stereocenters. The van der Waals surface area contributed by atoms with E-state index in [1.54, 1.807) is 18.4 Å². The number of likely N-dealkylation sites (N-methyl/N-ethyl adjacent to an activating group) is 1. The Bertz CT molecular complexity index is 1000. The molecule has 0 saturated heterocycles. The molecule has 0 fully saturated rings. The van der Waals surface area contributed by atoms with Crippen LogP contribution >= 0.6 is 11.3 Å². The summed E-state index contributed by atoms with van der Waals surface area (Å²) < 4.78 is 7.13. The van der Waals surface area contributed by atoms with Gasteiger partial charge in [0.05, 0.1) is 12.5 Å². The number of aryl methyl sites for hydroxylation is 2. The van der Waals surface area contributed by atoms with E-state index in [4.69, 9.17) is 9.72 Å². The van der Waals surface area contributed by atoms with Crippen molar-refractivity contribution in [3.05, 3.63) is 56.4 Å². The van der Waals surface area contributed by atoms with Crippen molar-refractivity contribution >= 4 is 21.6 Å². The van der Waals surface area contributed by atoms with Crippen LogP contribution in [0.1, 0.15) is 35.7 Å². The lowest BCUT2D eigenvalue weighted by molar-refractivity contribution is 0.287. The van der Waals surface area contributed by atoms with Gasteiger partial charge in [0.15, 0.2) is 0 Å². The quantitative estimate of drug-likeness (QED) is 0.574. The number of hydrogen-bond donors (Lipinski definition) is 0. The molecule has 0 bridgehead atoms. The van der Waals surface area contributed by atoms with E-state index in [0.717, 1.165) is 57.4 Å². The number of fused-ring (bicyclic) bond motifs is 1. The lowest BCUT2D eigenvalue weighted by Crippen LogP contribution is -2.33. The highest BCUT2D eigenvalue weighted by Crippen LogP contribution is 2.27. The molecule has 0 aliphatic carbocycles. The van der Waals surface area contributed by atoms with Gasteiger partial charge < -0.3 is 9.64 Å². The van der Waals surface area contributed by atoms with Crippen LogP contribution in [0.2, 0.25) is 0 Å². The minimum Gasteiger partial charge on any atom is -0.497 e. The van der Waals surface area contributed by atoms with E-state index in [1.165, 1.54) is 0 Å². The number of aromatic nitrogens is 2. The first kappa shape index (κ1) is 20.6. The van der Waals surface area contributed by atoms with Gasteiger partial charge in [-0.15, -0.1) is 11.3 Å². The van der Waals surface area contributed by atoms with E-state index in [2.05, 4.69) is 25.7 Å². The van der Waals surface area contributed by atoms with Crippen LogP contribution in [0.3, 0.4) is 0 Å². The summed E-state index contributed by atoms with van der Waals surface area (Å²) in [5.41, 5.74) is 2.27. The maximum atomic E-state index is 13.4. The average molecular weight is 400 g/mol. The Morgan fingerprint density at radius 1 is 1.14 bits per heavy atom. The fraction of sp³-hybridized carbons (Fsp3) is 0.455. The standard InChI is InChI=1S/C22H29N3O2S/c1-6-24(7-2)12-13-25-19(14-17-8-10-18(27-5)11-9-17)23-21-20(22(25)26)15(3)16(4)28-21/h8-11H,6-7,12-14H2,1-5H3. The van der Waals surface area contributed by atoms with Gasteiger partial charge >= 0.3 is 0 Å². The zero-order valence-corrected chi connectivity index (χ0v) is 18.2. The summed E-state index contributed by atoms with van der Waals surface area (Å²) in [6.45, 7) is 11.8. The second kappa shape index (κ2) is 8.88. The van der Waals surface area contributed by atoms with Crippen molar-refractivity contribution in [1.29, 1.82) is 0 Å². The molecule has 3 aromatic rings. The molecule has 28 heavy (non-hydrogen) atoms. The molecule has 0 radical (unpaired) electrons. The predicted molar refractivity (Wildman–Crippen MR) is 117 cm³/mol. The molecule has 0 saturated carbocycles. The molecule has 0 N–H and O–H groups in total. The van der Waals surface area contributed by atoms with Crippen LogP contribution in [-0.4, -0.2) is 41.2 Å². The Balaban J connectivity index is 2.04. The fourth-order valence-corrected chi connectivity index (χ4v) is 4.48. The Labute approximate surface area is 170 Å². The summed E-state index contributed by atoms with van der Waals surface area (Å²) in [5, 5.41) is 0.778. The Morgan fingerprint density at radius 3 is 2.43 bits per heavy atom. The molecule has 2 aromatic heterocycles. The minimum absolute atomic E-state index is 0.0857. The third-order valence-electron chi connectivity index (χ3n) is 5.42. The van der Waals surface area contributed by atoms with Crippen LogP contribution in [0.5, 0.6) is 5.75 Å². The number of methoxy groups -OCH3 is 1. The first-order valence-corrected chi connectivity index (χ1v) is 10.6. The molecule has 2 heterocycles. The predicted octanol–water partition coefficient (Wildman–Crippen LogP) is 4.02. The summed E-state index contributed by atoms with van der Waals surface area (Å²) >= 11 is 1.61. The highest BCUT2D eigenvalue weighted by Gasteiger charge is 2.17. The highest BCUT2D eigenvalue weighted by atomic mass is 32.1. The average Bonchev–Trinajstić information content (AvgIpc) is 2.99. The van der Waals surface area contributed by atoms with Gasteiger partial charge in [-0.05, 0) is 50.2 Å². The molecule has 0 atom stereocenters. The monoisotopic (exact) mass is 399 g/mol. The number of benzene rings is 1. The van der Waals surface area contributed by atoms with Crippen molar-refractivity contribution in [2.45, 2.75) is 40.7 Å². The van der Waals surface area contributed by atoms with Gasteiger partial charge in [-0.2, -0.15) is 0 Å². The van der Waals surface area contributed by atoms with Gasteiger partial charge in [0.2, 0.25) is 0 Å². The molecular weight excluding hydrogens is 370 g/mol. The molecule has 3 rings (SSSR count). The molecule has 0 amide bonds. The Kier molecular flexibility index (Phi) is 6.52. The van der Waals surface area contributed by atoms with Gasteiger partial charge in [-0.25, -0.2) is 4.98 Å². The normalized spacial score (nSPS) is 11.5. The van der Waals surface area contributed by atoms with Crippen LogP contribution in [0.4, 0.5) is 0 Å². The molecule has 1 aromatic carbocycles. The largest absolute Gasteiger partial charge is 0.497 e. The van der Waals surface area contributed by atoms with Crippen molar-refractivity contribution in [2.24, 2.45) is 0 Å². The van der Waals surface area contributed by atoms with Crippen LogP contribution in [0.25, 0.3) is 10.2 Å². The van der Waals surface area contributed by atoms with E-state index in [-0.39, 0.29) is 5.56 Å². The van der Waals surface area contributed by atoms with E-state index in [0.29, 0.717) is 13.0 Å². The Morgan fingerprint density at radius 2 is 1.82 bits per heavy atom. The third-order valence-corrected chi connectivity index (χ3v) is 6.52. The van der Waals surface area contributed by atoms with Crippen molar-refractivity contribution < 1.29 is 4.74 Å². The first-order valence-electron chi connectivity index (χ1n) is 9.83. The van der Waals surface area contributed by atoms with E-state index in [1.807, 2.05) is 35.8 Å². The highest BCUT2D eigenvalue weighted by molar-refractivity contribution is 7.18. The zero-order valence-electron chi connectivity index (χ0n) is 17.4. The summed E-state index contributed by atoms with van der Waals surface area (Å²) in [7, 11) is 1.66. The third kappa shape index (κ3) is 4.13. The summed E-state index contributed by atoms with van der Waals surface area (Å²) in [5.74, 6) is 1.66. The molecule has 0 aliphatic rings. The SMILES string of the molecule is CCN(CC)CCn1c(Cc2ccc(OC)cc2)nc2sc(C)c(C)c2c1=O. The second-order valence-corrected chi connectivity index (χ2v) is 8.20. The fourth-order valence-electron chi connectivity index (χ4n) is 3.44. The topological polar surface area (TPSA) is 47.4 Å². The van der Waals surface area contributed by atoms with Gasteiger partial charge in [-0.3, -0.25) is 9.36 Å². The number of ether oxygens (including phenoxy) is 1. The molecule has 5 nitrogen and oxygen atoms in total. The smallest absolute Gasteiger partial charge is 0.262 e. The first-order chi connectivity index (χ1) is 13.5. The maximum absolute atomic E-state index is 13.4. The molecular formula is C22H29N3O2S. The van der Waals surface area contributed by atoms with Gasteiger partial charge in [0.1, 0.15) is 16.4 Å². The van der Waals surface area contributed by atoms with Crippen LogP contribution < -0.4 is 10.3 Å². The van der Waals surface area contributed by atoms with Crippen molar-refractivity contribution in [1.82, 2.24) is 14.5 Å². The maximum Gasteiger partial charge on any atom is 0.262 e. The van der Waals surface area contributed by atoms with Gasteiger partial charge in [0, 0.05) is 24.4 Å². The number of nitrogens with zero attached hydrogens (tertiary/aromatic N) is 3. The van der Waals surface area contributed by atoms with E-state index < -0.39 is 0 Å². The van der Waals surface area contributed by atoms with Crippen LogP contribution in [0, 0.1) is 13.8 Å². The van der Waals surface area contributed by atoms with Gasteiger partial charge in [0.25, 0.3) is 5.56 Å². The molecule has 6 heteroatoms. The number of thiophene rings is 1. The van der Waals surface area contributed by atoms with E-state index in [9.17, 15) is 4.79 Å². The lowest BCUT2D eigenvalue weighted by atomic mass is 10.1. The zero-order chi connectivity index (χ0) is 20.3. The van der Waals surface area contributed by atoms with E-state index >= 15 is 0 Å². The minimum atomic E-state index is 0.0857. The Hall–Kier alpha value is -2.18. The summed E-state index contributed by atoms with van der Waals surface area (Å²) in [4.78, 5) is 22.6. The molecule has 0 spiro atoms. The van der Waals surface area contributed by atoms with Gasteiger partial charge in [-0.1, -0.05) is 26.0 Å². The second-order valence-electron chi connectivity index (χ2n) is 7.00. The van der Waals surface area contributed by atoms with Crippen molar-refractivity contribution in [3.63, 3.8) is 0 Å². The summed E-state index contributed by atoms with van der Waals surface area (Å²) in [6, 6.07) is 7.97. The van der Waals surface area contributed by atoms with Crippen molar-refractivity contribution in [2.75, 3.05) is 26.7 Å². The number of hydrogen-bond acceptors (Lipinski definition) is 5. The summed E-state index contributed by atoms with van der Waals surface area (Å²) in [6.07, 6.45) is 0.628. The van der Waals surface area contributed by atoms with Crippen molar-refractivity contribution in [3.8, 4) is 5.75 Å². The molecule has 150 valence electrons. The molecule has 0 aliphatic heterocycles. The lowest BCUT2D eigenvalue weighted by Gasteiger charge is -2.20. The van der Waals surface area contributed by atoms with Crippen LogP contribution in [-0.2, 0) is 13.0 Å². The van der Waals surface area contributed by atoms with Crippen LogP contribution in [0.15, 0.2) is 29.1 Å². The number of rotatable bonds is 8.